The van der Waals surface area contributed by atoms with Gasteiger partial charge < -0.3 is 14.4 Å². The lowest BCUT2D eigenvalue weighted by molar-refractivity contribution is 0.0636. The molecular formula is C16H19N5O4. The van der Waals surface area contributed by atoms with E-state index in [0.717, 1.165) is 0 Å². The average Bonchev–Trinajstić information content (AvgIpc) is 3.03. The highest BCUT2D eigenvalue weighted by Crippen LogP contribution is 2.34. The van der Waals surface area contributed by atoms with Gasteiger partial charge in [-0.15, -0.1) is 0 Å². The predicted octanol–water partition coefficient (Wildman–Crippen LogP) is 2.28. The first-order chi connectivity index (χ1) is 11.9. The van der Waals surface area contributed by atoms with Crippen LogP contribution in [0.25, 0.3) is 11.0 Å². The van der Waals surface area contributed by atoms with E-state index in [4.69, 9.17) is 14.1 Å². The number of fused-ring (bicyclic) bond motifs is 1. The maximum atomic E-state index is 12.1. The van der Waals surface area contributed by atoms with Gasteiger partial charge in [0.15, 0.2) is 11.0 Å². The van der Waals surface area contributed by atoms with Crippen LogP contribution < -0.4 is 10.2 Å². The lowest BCUT2D eigenvalue weighted by Gasteiger charge is -2.29. The number of benzene rings is 1. The largest absolute Gasteiger partial charge is 0.444 e. The second-order valence-electron chi connectivity index (χ2n) is 6.62. The van der Waals surface area contributed by atoms with Gasteiger partial charge in [-0.1, -0.05) is 0 Å². The molecule has 2 heterocycles. The molecule has 9 heteroatoms. The van der Waals surface area contributed by atoms with Gasteiger partial charge in [0.25, 0.3) is 0 Å². The van der Waals surface area contributed by atoms with Crippen LogP contribution in [0, 0.1) is 11.3 Å². The zero-order chi connectivity index (χ0) is 18.0. The van der Waals surface area contributed by atoms with Crippen molar-refractivity contribution in [2.24, 2.45) is 0 Å². The minimum atomic E-state index is -0.642. The lowest BCUT2D eigenvalue weighted by Crippen LogP contribution is -2.37. The highest BCUT2D eigenvalue weighted by molar-refractivity contribution is 6.03. The van der Waals surface area contributed by atoms with Crippen LogP contribution in [0.1, 0.15) is 26.3 Å². The Labute approximate surface area is 144 Å². The van der Waals surface area contributed by atoms with Crippen molar-refractivity contribution in [3.63, 3.8) is 0 Å². The van der Waals surface area contributed by atoms with Crippen LogP contribution in [0.4, 0.5) is 16.2 Å². The zero-order valence-corrected chi connectivity index (χ0v) is 14.3. The molecule has 0 atom stereocenters. The number of ether oxygens (including phenoxy) is 2. The van der Waals surface area contributed by atoms with Gasteiger partial charge in [0.05, 0.1) is 30.2 Å². The second kappa shape index (κ2) is 6.57. The standard InChI is InChI=1S/C16H19N5O4/c1-16(2,3)24-15(22)18-11-8-10(9-17)14(13-12(11)19-25-20-13)21-4-6-23-7-5-21/h8H,4-7H2,1-3H3,(H,18,22). The molecule has 1 aromatic heterocycles. The summed E-state index contributed by atoms with van der Waals surface area (Å²) in [4.78, 5) is 14.1. The van der Waals surface area contributed by atoms with Crippen molar-refractivity contribution in [3.05, 3.63) is 11.6 Å². The summed E-state index contributed by atoms with van der Waals surface area (Å²) in [7, 11) is 0. The van der Waals surface area contributed by atoms with E-state index in [0.29, 0.717) is 54.3 Å². The molecule has 1 saturated heterocycles. The fourth-order valence-corrected chi connectivity index (χ4v) is 2.63. The molecule has 132 valence electrons. The predicted molar refractivity (Wildman–Crippen MR) is 89.4 cm³/mol. The molecule has 0 unspecified atom stereocenters. The third-order valence-corrected chi connectivity index (χ3v) is 3.60. The molecule has 1 aromatic carbocycles. The number of nitrogens with zero attached hydrogens (tertiary/aromatic N) is 4. The van der Waals surface area contributed by atoms with Crippen LogP contribution in [0.5, 0.6) is 0 Å². The van der Waals surface area contributed by atoms with E-state index in [9.17, 15) is 10.1 Å². The van der Waals surface area contributed by atoms with Crippen LogP contribution >= 0.6 is 0 Å². The fourth-order valence-electron chi connectivity index (χ4n) is 2.63. The number of hydrogen-bond acceptors (Lipinski definition) is 8. The summed E-state index contributed by atoms with van der Waals surface area (Å²) in [5.74, 6) is 0. The van der Waals surface area contributed by atoms with Gasteiger partial charge in [0, 0.05) is 13.1 Å². The molecule has 1 amide bonds. The molecule has 1 aliphatic heterocycles. The minimum Gasteiger partial charge on any atom is -0.444 e. The topological polar surface area (TPSA) is 114 Å². The first-order valence-corrected chi connectivity index (χ1v) is 7.91. The molecule has 1 N–H and O–H groups in total. The van der Waals surface area contributed by atoms with Crippen molar-refractivity contribution in [1.29, 1.82) is 5.26 Å². The Bertz CT molecular complexity index is 827. The van der Waals surface area contributed by atoms with Crippen molar-refractivity contribution in [2.75, 3.05) is 36.5 Å². The normalized spacial score (nSPS) is 15.0. The first kappa shape index (κ1) is 17.0. The van der Waals surface area contributed by atoms with Gasteiger partial charge in [-0.25, -0.2) is 9.42 Å². The number of anilines is 2. The van der Waals surface area contributed by atoms with Crippen LogP contribution in [0.3, 0.4) is 0 Å². The Kier molecular flexibility index (Phi) is 4.46. The number of amides is 1. The molecule has 1 fully saturated rings. The van der Waals surface area contributed by atoms with E-state index in [-0.39, 0.29) is 0 Å². The van der Waals surface area contributed by atoms with E-state index in [2.05, 4.69) is 21.7 Å². The molecule has 25 heavy (non-hydrogen) atoms. The quantitative estimate of drug-likeness (QED) is 0.882. The average molecular weight is 345 g/mol. The van der Waals surface area contributed by atoms with Gasteiger partial charge >= 0.3 is 6.09 Å². The first-order valence-electron chi connectivity index (χ1n) is 7.91. The number of carbonyl (C=O) groups is 1. The molecule has 2 aromatic rings. The second-order valence-corrected chi connectivity index (χ2v) is 6.62. The third kappa shape index (κ3) is 3.64. The van der Waals surface area contributed by atoms with Gasteiger partial charge in [0.1, 0.15) is 11.7 Å². The maximum absolute atomic E-state index is 12.1. The van der Waals surface area contributed by atoms with Gasteiger partial charge in [-0.2, -0.15) is 5.26 Å². The van der Waals surface area contributed by atoms with Crippen molar-refractivity contribution in [3.8, 4) is 6.07 Å². The van der Waals surface area contributed by atoms with E-state index in [1.807, 2.05) is 4.90 Å². The Hall–Kier alpha value is -2.86. The van der Waals surface area contributed by atoms with Crippen LogP contribution in [0.2, 0.25) is 0 Å². The Morgan fingerprint density at radius 3 is 2.64 bits per heavy atom. The SMILES string of the molecule is CC(C)(C)OC(=O)Nc1cc(C#N)c(N2CCOCC2)c2nonc12. The number of rotatable bonds is 2. The summed E-state index contributed by atoms with van der Waals surface area (Å²) in [6.45, 7) is 7.70. The van der Waals surface area contributed by atoms with E-state index in [1.165, 1.54) is 0 Å². The maximum Gasteiger partial charge on any atom is 0.412 e. The summed E-state index contributed by atoms with van der Waals surface area (Å²) in [6, 6.07) is 3.71. The van der Waals surface area contributed by atoms with Crippen molar-refractivity contribution < 1.29 is 18.9 Å². The van der Waals surface area contributed by atoms with E-state index < -0.39 is 11.7 Å². The van der Waals surface area contributed by atoms with Crippen LogP contribution in [-0.4, -0.2) is 48.3 Å². The van der Waals surface area contributed by atoms with Crippen molar-refractivity contribution >= 4 is 28.5 Å². The number of morpholine rings is 1. The zero-order valence-electron chi connectivity index (χ0n) is 14.3. The minimum absolute atomic E-state index is 0.319. The van der Waals surface area contributed by atoms with Crippen molar-refractivity contribution in [1.82, 2.24) is 10.3 Å². The molecule has 0 bridgehead atoms. The molecule has 0 spiro atoms. The molecule has 3 rings (SSSR count). The molecule has 0 aliphatic carbocycles. The summed E-state index contributed by atoms with van der Waals surface area (Å²) in [5, 5.41) is 20.0. The summed E-state index contributed by atoms with van der Waals surface area (Å²) in [5.41, 5.74) is 1.47. The summed E-state index contributed by atoms with van der Waals surface area (Å²) < 4.78 is 15.5. The monoisotopic (exact) mass is 345 g/mol. The van der Waals surface area contributed by atoms with Crippen LogP contribution in [-0.2, 0) is 9.47 Å². The summed E-state index contributed by atoms with van der Waals surface area (Å²) in [6.07, 6.45) is -0.639. The van der Waals surface area contributed by atoms with Gasteiger partial charge in [-0.05, 0) is 37.2 Å². The Balaban J connectivity index is 2.00. The smallest absolute Gasteiger partial charge is 0.412 e. The Morgan fingerprint density at radius 1 is 1.32 bits per heavy atom. The Morgan fingerprint density at radius 2 is 2.00 bits per heavy atom. The number of hydrogen-bond donors (Lipinski definition) is 1. The number of carbonyl (C=O) groups excluding carboxylic acids is 1. The van der Waals surface area contributed by atoms with E-state index >= 15 is 0 Å². The third-order valence-electron chi connectivity index (χ3n) is 3.60. The molecule has 9 nitrogen and oxygen atoms in total. The van der Waals surface area contributed by atoms with Gasteiger partial charge in [0.2, 0.25) is 0 Å². The molecule has 0 radical (unpaired) electrons. The highest BCUT2D eigenvalue weighted by atomic mass is 16.6. The number of nitrogens with one attached hydrogen (secondary N) is 1. The number of nitriles is 1. The lowest BCUT2D eigenvalue weighted by atomic mass is 10.1. The molecule has 1 aliphatic rings. The van der Waals surface area contributed by atoms with Crippen LogP contribution in [0.15, 0.2) is 10.7 Å². The molecular weight excluding hydrogens is 326 g/mol. The highest BCUT2D eigenvalue weighted by Gasteiger charge is 2.25. The van der Waals surface area contributed by atoms with E-state index in [1.54, 1.807) is 26.8 Å². The number of aromatic nitrogens is 2. The van der Waals surface area contributed by atoms with Crippen molar-refractivity contribution in [2.45, 2.75) is 26.4 Å². The fraction of sp³-hybridized carbons (Fsp3) is 0.500. The van der Waals surface area contributed by atoms with Gasteiger partial charge in [-0.3, -0.25) is 5.32 Å². The summed E-state index contributed by atoms with van der Waals surface area (Å²) >= 11 is 0. The molecule has 0 saturated carbocycles.